The SMILES string of the molecule is C[C@@H]1CCc2c(sc3nc(S[C@@H](C)C#N)[nH]c(=O)c23)C1. The molecule has 2 atom stereocenters. The Morgan fingerprint density at radius 2 is 2.40 bits per heavy atom. The number of thiophene rings is 1. The van der Waals surface area contributed by atoms with E-state index in [1.807, 2.05) is 0 Å². The largest absolute Gasteiger partial charge is 0.301 e. The number of rotatable bonds is 2. The van der Waals surface area contributed by atoms with Crippen LogP contribution in [0.1, 0.15) is 30.7 Å². The first-order valence-corrected chi connectivity index (χ1v) is 8.39. The van der Waals surface area contributed by atoms with E-state index in [9.17, 15) is 4.79 Å². The highest BCUT2D eigenvalue weighted by Crippen LogP contribution is 2.36. The summed E-state index contributed by atoms with van der Waals surface area (Å²) < 4.78 is 0. The zero-order valence-electron chi connectivity index (χ0n) is 11.4. The van der Waals surface area contributed by atoms with Crippen LogP contribution in [0.15, 0.2) is 9.95 Å². The van der Waals surface area contributed by atoms with E-state index in [0.29, 0.717) is 11.1 Å². The van der Waals surface area contributed by atoms with Gasteiger partial charge >= 0.3 is 0 Å². The van der Waals surface area contributed by atoms with E-state index in [-0.39, 0.29) is 10.8 Å². The van der Waals surface area contributed by atoms with Crippen molar-refractivity contribution in [3.05, 3.63) is 20.8 Å². The van der Waals surface area contributed by atoms with E-state index < -0.39 is 0 Å². The number of aromatic amines is 1. The molecule has 0 unspecified atom stereocenters. The Kier molecular flexibility index (Phi) is 3.57. The van der Waals surface area contributed by atoms with Crippen LogP contribution in [0.25, 0.3) is 10.2 Å². The average Bonchev–Trinajstić information content (AvgIpc) is 2.75. The average molecular weight is 305 g/mol. The predicted octanol–water partition coefficient (Wildman–Crippen LogP) is 3.11. The number of hydrogen-bond donors (Lipinski definition) is 1. The second-order valence-corrected chi connectivity index (χ2v) is 7.71. The van der Waals surface area contributed by atoms with Gasteiger partial charge in [-0.3, -0.25) is 4.79 Å². The molecule has 20 heavy (non-hydrogen) atoms. The van der Waals surface area contributed by atoms with Gasteiger partial charge in [0.25, 0.3) is 5.56 Å². The Labute approximate surface area is 125 Å². The fourth-order valence-electron chi connectivity index (χ4n) is 2.58. The van der Waals surface area contributed by atoms with Crippen molar-refractivity contribution in [3.63, 3.8) is 0 Å². The second kappa shape index (κ2) is 5.23. The Morgan fingerprint density at radius 3 is 3.15 bits per heavy atom. The molecular formula is C14H15N3OS2. The predicted molar refractivity (Wildman–Crippen MR) is 82.4 cm³/mol. The van der Waals surface area contributed by atoms with Crippen LogP contribution in [-0.2, 0) is 12.8 Å². The minimum absolute atomic E-state index is 0.0605. The van der Waals surface area contributed by atoms with Crippen molar-refractivity contribution >= 4 is 33.3 Å². The lowest BCUT2D eigenvalue weighted by Crippen LogP contribution is -2.13. The summed E-state index contributed by atoms with van der Waals surface area (Å²) in [5, 5.41) is 9.95. The molecule has 0 aromatic carbocycles. The summed E-state index contributed by atoms with van der Waals surface area (Å²) in [7, 11) is 0. The molecule has 0 radical (unpaired) electrons. The highest BCUT2D eigenvalue weighted by atomic mass is 32.2. The summed E-state index contributed by atoms with van der Waals surface area (Å²) in [5.41, 5.74) is 1.14. The van der Waals surface area contributed by atoms with Crippen molar-refractivity contribution in [1.82, 2.24) is 9.97 Å². The van der Waals surface area contributed by atoms with Crippen LogP contribution >= 0.6 is 23.1 Å². The lowest BCUT2D eigenvalue weighted by atomic mass is 9.89. The molecule has 0 aliphatic heterocycles. The van der Waals surface area contributed by atoms with Crippen molar-refractivity contribution in [2.24, 2.45) is 5.92 Å². The summed E-state index contributed by atoms with van der Waals surface area (Å²) in [5.74, 6) is 0.683. The van der Waals surface area contributed by atoms with Gasteiger partial charge in [0.1, 0.15) is 4.83 Å². The summed E-state index contributed by atoms with van der Waals surface area (Å²) in [6.07, 6.45) is 3.16. The number of aromatic nitrogens is 2. The van der Waals surface area contributed by atoms with E-state index in [1.165, 1.54) is 22.2 Å². The van der Waals surface area contributed by atoms with Gasteiger partial charge in [0.05, 0.1) is 16.7 Å². The third-order valence-corrected chi connectivity index (χ3v) is 5.64. The molecule has 0 saturated heterocycles. The maximum Gasteiger partial charge on any atom is 0.260 e. The first-order chi connectivity index (χ1) is 9.58. The third-order valence-electron chi connectivity index (χ3n) is 3.61. The first-order valence-electron chi connectivity index (χ1n) is 6.69. The van der Waals surface area contributed by atoms with E-state index in [0.717, 1.165) is 29.5 Å². The molecule has 1 aliphatic rings. The molecular weight excluding hydrogens is 290 g/mol. The summed E-state index contributed by atoms with van der Waals surface area (Å²) >= 11 is 2.94. The van der Waals surface area contributed by atoms with Gasteiger partial charge in [0.15, 0.2) is 5.16 Å². The summed E-state index contributed by atoms with van der Waals surface area (Å²) in [4.78, 5) is 21.8. The fraction of sp³-hybridized carbons (Fsp3) is 0.500. The van der Waals surface area contributed by atoms with Crippen LogP contribution in [0.2, 0.25) is 0 Å². The lowest BCUT2D eigenvalue weighted by molar-refractivity contribution is 0.509. The van der Waals surface area contributed by atoms with E-state index in [4.69, 9.17) is 5.26 Å². The van der Waals surface area contributed by atoms with E-state index >= 15 is 0 Å². The van der Waals surface area contributed by atoms with Gasteiger partial charge in [0.2, 0.25) is 0 Å². The van der Waals surface area contributed by atoms with Crippen molar-refractivity contribution in [1.29, 1.82) is 5.26 Å². The molecule has 2 aromatic rings. The van der Waals surface area contributed by atoms with Gasteiger partial charge in [-0.2, -0.15) is 5.26 Å². The van der Waals surface area contributed by atoms with Crippen LogP contribution in [0, 0.1) is 17.2 Å². The molecule has 2 aromatic heterocycles. The zero-order chi connectivity index (χ0) is 14.3. The minimum atomic E-state index is -0.217. The maximum atomic E-state index is 12.3. The number of aryl methyl sites for hydroxylation is 1. The normalized spacial score (nSPS) is 19.6. The maximum absolute atomic E-state index is 12.3. The molecule has 1 N–H and O–H groups in total. The highest BCUT2D eigenvalue weighted by molar-refractivity contribution is 8.00. The number of nitriles is 1. The Bertz CT molecular complexity index is 756. The second-order valence-electron chi connectivity index (χ2n) is 5.29. The van der Waals surface area contributed by atoms with Gasteiger partial charge in [-0.05, 0) is 37.7 Å². The minimum Gasteiger partial charge on any atom is -0.301 e. The molecule has 0 fully saturated rings. The van der Waals surface area contributed by atoms with Gasteiger partial charge in [-0.15, -0.1) is 11.3 Å². The Balaban J connectivity index is 2.10. The molecule has 0 spiro atoms. The van der Waals surface area contributed by atoms with Crippen molar-refractivity contribution in [2.75, 3.05) is 0 Å². The summed E-state index contributed by atoms with van der Waals surface area (Å²) in [6, 6.07) is 2.14. The number of nitrogens with zero attached hydrogens (tertiary/aromatic N) is 2. The lowest BCUT2D eigenvalue weighted by Gasteiger charge is -2.17. The number of hydrogen-bond acceptors (Lipinski definition) is 5. The highest BCUT2D eigenvalue weighted by Gasteiger charge is 2.23. The first kappa shape index (κ1) is 13.7. The molecule has 0 bridgehead atoms. The topological polar surface area (TPSA) is 69.5 Å². The third kappa shape index (κ3) is 2.36. The van der Waals surface area contributed by atoms with Crippen molar-refractivity contribution < 1.29 is 0 Å². The van der Waals surface area contributed by atoms with E-state index in [1.54, 1.807) is 18.3 Å². The molecule has 2 heterocycles. The van der Waals surface area contributed by atoms with Crippen LogP contribution in [0.3, 0.4) is 0 Å². The zero-order valence-corrected chi connectivity index (χ0v) is 13.0. The van der Waals surface area contributed by atoms with Gasteiger partial charge in [0, 0.05) is 4.88 Å². The Morgan fingerprint density at radius 1 is 1.60 bits per heavy atom. The van der Waals surface area contributed by atoms with Crippen LogP contribution < -0.4 is 5.56 Å². The van der Waals surface area contributed by atoms with Gasteiger partial charge < -0.3 is 4.98 Å². The van der Waals surface area contributed by atoms with Gasteiger partial charge in [-0.25, -0.2) is 4.98 Å². The monoisotopic (exact) mass is 305 g/mol. The number of nitrogens with one attached hydrogen (secondary N) is 1. The number of thioether (sulfide) groups is 1. The van der Waals surface area contributed by atoms with Crippen LogP contribution in [0.4, 0.5) is 0 Å². The fourth-order valence-corrected chi connectivity index (χ4v) is 4.70. The summed E-state index contributed by atoms with van der Waals surface area (Å²) in [6.45, 7) is 4.05. The molecule has 4 nitrogen and oxygen atoms in total. The quantitative estimate of drug-likeness (QED) is 0.683. The van der Waals surface area contributed by atoms with Crippen LogP contribution in [-0.4, -0.2) is 15.2 Å². The molecule has 0 amide bonds. The molecule has 0 saturated carbocycles. The number of fused-ring (bicyclic) bond motifs is 3. The standard InChI is InChI=1S/C14H15N3OS2/c1-7-3-4-9-10(5-7)20-13-11(9)12(18)16-14(17-13)19-8(2)6-15/h7-8H,3-5H2,1-2H3,(H,16,17,18)/t7-,8+/m1/s1. The smallest absolute Gasteiger partial charge is 0.260 e. The molecule has 3 rings (SSSR count). The molecule has 104 valence electrons. The van der Waals surface area contributed by atoms with Crippen molar-refractivity contribution in [3.8, 4) is 6.07 Å². The van der Waals surface area contributed by atoms with Gasteiger partial charge in [-0.1, -0.05) is 18.7 Å². The Hall–Kier alpha value is -1.32. The molecule has 6 heteroatoms. The molecule has 1 aliphatic carbocycles. The number of H-pyrrole nitrogens is 1. The van der Waals surface area contributed by atoms with E-state index in [2.05, 4.69) is 23.0 Å². The van der Waals surface area contributed by atoms with Crippen LogP contribution in [0.5, 0.6) is 0 Å². The van der Waals surface area contributed by atoms with Crippen molar-refractivity contribution in [2.45, 2.75) is 43.5 Å².